The summed E-state index contributed by atoms with van der Waals surface area (Å²) in [4.78, 5) is 4.39. The van der Waals surface area contributed by atoms with Crippen LogP contribution in [0, 0.1) is 0 Å². The summed E-state index contributed by atoms with van der Waals surface area (Å²) in [6.45, 7) is 4.64. The van der Waals surface area contributed by atoms with Crippen molar-refractivity contribution in [3.63, 3.8) is 0 Å². The molecule has 0 radical (unpaired) electrons. The van der Waals surface area contributed by atoms with Gasteiger partial charge in [0.05, 0.1) is 12.2 Å². The Bertz CT molecular complexity index is 614. The van der Waals surface area contributed by atoms with Crippen molar-refractivity contribution in [1.82, 2.24) is 4.98 Å². The van der Waals surface area contributed by atoms with Crippen molar-refractivity contribution < 1.29 is 9.47 Å². The van der Waals surface area contributed by atoms with Gasteiger partial charge in [-0.1, -0.05) is 0 Å². The number of nitrogens with two attached hydrogens (primary N) is 1. The molecule has 0 saturated carbocycles. The van der Waals surface area contributed by atoms with Gasteiger partial charge >= 0.3 is 0 Å². The van der Waals surface area contributed by atoms with Gasteiger partial charge in [-0.2, -0.15) is 0 Å². The van der Waals surface area contributed by atoms with Crippen molar-refractivity contribution in [2.24, 2.45) is 0 Å². The second-order valence-corrected chi connectivity index (χ2v) is 6.18. The molecule has 0 aliphatic heterocycles. The molecule has 0 spiro atoms. The number of anilines is 1. The van der Waals surface area contributed by atoms with Crippen molar-refractivity contribution in [3.8, 4) is 5.75 Å². The van der Waals surface area contributed by atoms with Crippen LogP contribution in [0.4, 0.5) is 5.69 Å². The number of rotatable bonds is 5. The van der Waals surface area contributed by atoms with E-state index in [1.807, 2.05) is 32.0 Å². The number of nitrogens with zero attached hydrogens (tertiary/aromatic N) is 1. The number of nitrogen functional groups attached to an aromatic ring is 1. The molecule has 108 valence electrons. The Kier molecular flexibility index (Phi) is 4.50. The van der Waals surface area contributed by atoms with Crippen LogP contribution in [-0.2, 0) is 4.74 Å². The Morgan fingerprint density at radius 3 is 2.80 bits per heavy atom. The van der Waals surface area contributed by atoms with Crippen LogP contribution in [0.2, 0.25) is 0 Å². The summed E-state index contributed by atoms with van der Waals surface area (Å²) in [5, 5.41) is 0.892. The van der Waals surface area contributed by atoms with Gasteiger partial charge in [0.25, 0.3) is 0 Å². The SMILES string of the molecule is COC(C)(C)CCOc1ccc(N)c2cc(Br)cnc12. The van der Waals surface area contributed by atoms with Gasteiger partial charge in [-0.05, 0) is 48.0 Å². The molecule has 0 aliphatic rings. The molecule has 0 fully saturated rings. The Morgan fingerprint density at radius 1 is 1.35 bits per heavy atom. The zero-order chi connectivity index (χ0) is 14.8. The van der Waals surface area contributed by atoms with Crippen molar-refractivity contribution in [1.29, 1.82) is 0 Å². The maximum absolute atomic E-state index is 5.98. The van der Waals surface area contributed by atoms with Crippen LogP contribution in [0.15, 0.2) is 28.9 Å². The number of benzene rings is 1. The van der Waals surface area contributed by atoms with E-state index in [1.165, 1.54) is 0 Å². The summed E-state index contributed by atoms with van der Waals surface area (Å²) in [6, 6.07) is 5.65. The quantitative estimate of drug-likeness (QED) is 0.843. The maximum atomic E-state index is 5.98. The van der Waals surface area contributed by atoms with Gasteiger partial charge in [0.15, 0.2) is 0 Å². The van der Waals surface area contributed by atoms with E-state index in [2.05, 4.69) is 20.9 Å². The molecule has 0 bridgehead atoms. The van der Waals surface area contributed by atoms with Gasteiger partial charge in [0, 0.05) is 35.3 Å². The van der Waals surface area contributed by atoms with Crippen LogP contribution < -0.4 is 10.5 Å². The van der Waals surface area contributed by atoms with Crippen LogP contribution in [0.1, 0.15) is 20.3 Å². The van der Waals surface area contributed by atoms with Gasteiger partial charge in [0.2, 0.25) is 0 Å². The Labute approximate surface area is 127 Å². The summed E-state index contributed by atoms with van der Waals surface area (Å²) in [5.74, 6) is 0.744. The number of methoxy groups -OCH3 is 1. The maximum Gasteiger partial charge on any atom is 0.145 e. The molecular formula is C15H19BrN2O2. The smallest absolute Gasteiger partial charge is 0.145 e. The Morgan fingerprint density at radius 2 is 2.10 bits per heavy atom. The molecule has 4 nitrogen and oxygen atoms in total. The first kappa shape index (κ1) is 15.1. The predicted molar refractivity (Wildman–Crippen MR) is 85.1 cm³/mol. The molecule has 1 aromatic heterocycles. The molecule has 0 saturated heterocycles. The second kappa shape index (κ2) is 5.97. The number of halogens is 1. The van der Waals surface area contributed by atoms with E-state index in [9.17, 15) is 0 Å². The molecule has 5 heteroatoms. The fourth-order valence-corrected chi connectivity index (χ4v) is 2.15. The van der Waals surface area contributed by atoms with Gasteiger partial charge in [-0.25, -0.2) is 0 Å². The number of pyridine rings is 1. The van der Waals surface area contributed by atoms with Crippen LogP contribution in [0.25, 0.3) is 10.9 Å². The van der Waals surface area contributed by atoms with Crippen molar-refractivity contribution in [3.05, 3.63) is 28.9 Å². The minimum atomic E-state index is -0.194. The fourth-order valence-electron chi connectivity index (χ4n) is 1.82. The normalized spacial score (nSPS) is 11.8. The largest absolute Gasteiger partial charge is 0.491 e. The average Bonchev–Trinajstić information content (AvgIpc) is 2.41. The summed E-state index contributed by atoms with van der Waals surface area (Å²) in [7, 11) is 1.71. The van der Waals surface area contributed by atoms with Crippen LogP contribution in [0.3, 0.4) is 0 Å². The highest BCUT2D eigenvalue weighted by Crippen LogP contribution is 2.30. The molecule has 0 amide bonds. The van der Waals surface area contributed by atoms with Gasteiger partial charge in [-0.15, -0.1) is 0 Å². The van der Waals surface area contributed by atoms with E-state index in [1.54, 1.807) is 13.3 Å². The Hall–Kier alpha value is -1.33. The third-order valence-corrected chi connectivity index (χ3v) is 3.76. The highest BCUT2D eigenvalue weighted by molar-refractivity contribution is 9.10. The lowest BCUT2D eigenvalue weighted by atomic mass is 10.1. The van der Waals surface area contributed by atoms with E-state index in [0.717, 1.165) is 27.5 Å². The molecule has 2 N–H and O–H groups in total. The first-order valence-corrected chi connectivity index (χ1v) is 7.24. The first-order valence-electron chi connectivity index (χ1n) is 6.44. The zero-order valence-electron chi connectivity index (χ0n) is 11.9. The topological polar surface area (TPSA) is 57.4 Å². The summed E-state index contributed by atoms with van der Waals surface area (Å²) in [5.41, 5.74) is 7.26. The van der Waals surface area contributed by atoms with E-state index >= 15 is 0 Å². The molecule has 1 heterocycles. The zero-order valence-corrected chi connectivity index (χ0v) is 13.5. The third-order valence-electron chi connectivity index (χ3n) is 3.33. The predicted octanol–water partition coefficient (Wildman–Crippen LogP) is 3.77. The molecule has 1 aromatic carbocycles. The number of fused-ring (bicyclic) bond motifs is 1. The molecule has 2 rings (SSSR count). The van der Waals surface area contributed by atoms with Crippen LogP contribution in [-0.4, -0.2) is 24.3 Å². The number of hydrogen-bond acceptors (Lipinski definition) is 4. The summed E-state index contributed by atoms with van der Waals surface area (Å²) >= 11 is 3.40. The highest BCUT2D eigenvalue weighted by Gasteiger charge is 2.16. The van der Waals surface area contributed by atoms with Crippen LogP contribution in [0.5, 0.6) is 5.75 Å². The van der Waals surface area contributed by atoms with Gasteiger partial charge in [0.1, 0.15) is 11.3 Å². The number of ether oxygens (including phenoxy) is 2. The highest BCUT2D eigenvalue weighted by atomic mass is 79.9. The van der Waals surface area contributed by atoms with E-state index < -0.39 is 0 Å². The van der Waals surface area contributed by atoms with E-state index in [-0.39, 0.29) is 5.60 Å². The summed E-state index contributed by atoms with van der Waals surface area (Å²) < 4.78 is 12.1. The van der Waals surface area contributed by atoms with Crippen LogP contribution >= 0.6 is 15.9 Å². The minimum Gasteiger partial charge on any atom is -0.491 e. The van der Waals surface area contributed by atoms with E-state index in [4.69, 9.17) is 15.2 Å². The molecule has 0 atom stereocenters. The molecule has 0 aliphatic carbocycles. The monoisotopic (exact) mass is 338 g/mol. The van der Waals surface area contributed by atoms with Crippen molar-refractivity contribution >= 4 is 32.5 Å². The van der Waals surface area contributed by atoms with Gasteiger partial charge < -0.3 is 15.2 Å². The molecule has 2 aromatic rings. The lowest BCUT2D eigenvalue weighted by Gasteiger charge is -2.22. The van der Waals surface area contributed by atoms with Crippen molar-refractivity contribution in [2.75, 3.05) is 19.5 Å². The minimum absolute atomic E-state index is 0.194. The number of hydrogen-bond donors (Lipinski definition) is 1. The average molecular weight is 339 g/mol. The molecule has 0 unspecified atom stereocenters. The van der Waals surface area contributed by atoms with E-state index in [0.29, 0.717) is 12.3 Å². The summed E-state index contributed by atoms with van der Waals surface area (Å²) in [6.07, 6.45) is 2.54. The van der Waals surface area contributed by atoms with Gasteiger partial charge in [-0.3, -0.25) is 4.98 Å². The first-order chi connectivity index (χ1) is 9.43. The lowest BCUT2D eigenvalue weighted by molar-refractivity contribution is 0.00556. The lowest BCUT2D eigenvalue weighted by Crippen LogP contribution is -2.25. The molecule has 20 heavy (non-hydrogen) atoms. The molecular weight excluding hydrogens is 320 g/mol. The van der Waals surface area contributed by atoms with Crippen molar-refractivity contribution in [2.45, 2.75) is 25.9 Å². The Balaban J connectivity index is 2.21. The standard InChI is InChI=1S/C15H19BrN2O2/c1-15(2,19-3)6-7-20-13-5-4-12(17)11-8-10(16)9-18-14(11)13/h4-5,8-9H,6-7,17H2,1-3H3. The fraction of sp³-hybridized carbons (Fsp3) is 0.400. The second-order valence-electron chi connectivity index (χ2n) is 5.26. The third kappa shape index (κ3) is 3.41. The number of aromatic nitrogens is 1.